The average molecular weight is 300 g/mol. The number of carbonyl (C=O) groups excluding carboxylic acids is 1. The third-order valence-electron chi connectivity index (χ3n) is 2.52. The number of carbonyl (C=O) groups is 1. The fourth-order valence-corrected chi connectivity index (χ4v) is 2.67. The summed E-state index contributed by atoms with van der Waals surface area (Å²) in [4.78, 5) is 18.6. The van der Waals surface area contributed by atoms with Crippen LogP contribution in [-0.2, 0) is 4.74 Å². The van der Waals surface area contributed by atoms with Gasteiger partial charge < -0.3 is 20.7 Å². The lowest BCUT2D eigenvalue weighted by Gasteiger charge is -2.19. The smallest absolute Gasteiger partial charge is 0.267 e. The van der Waals surface area contributed by atoms with Crippen molar-refractivity contribution in [3.63, 3.8) is 0 Å². The van der Waals surface area contributed by atoms with E-state index in [4.69, 9.17) is 10.5 Å². The van der Waals surface area contributed by atoms with Crippen LogP contribution in [-0.4, -0.2) is 48.6 Å². The largest absolute Gasteiger partial charge is 0.385 e. The Morgan fingerprint density at radius 3 is 2.70 bits per heavy atom. The van der Waals surface area contributed by atoms with Crippen LogP contribution < -0.4 is 11.1 Å². The number of rotatable bonds is 6. The number of hydrogen-bond donors (Lipinski definition) is 2. The predicted molar refractivity (Wildman–Crippen MR) is 83.4 cm³/mol. The zero-order valence-electron chi connectivity index (χ0n) is 12.8. The Morgan fingerprint density at radius 1 is 1.50 bits per heavy atom. The molecule has 0 aliphatic heterocycles. The summed E-state index contributed by atoms with van der Waals surface area (Å²) in [5.41, 5.74) is 5.72. The van der Waals surface area contributed by atoms with E-state index in [2.05, 4.69) is 10.3 Å². The van der Waals surface area contributed by atoms with Crippen molar-refractivity contribution in [3.8, 4) is 0 Å². The molecule has 0 unspecified atom stereocenters. The summed E-state index contributed by atoms with van der Waals surface area (Å²) < 4.78 is 4.98. The van der Waals surface area contributed by atoms with Crippen LogP contribution in [0.5, 0.6) is 0 Å². The lowest BCUT2D eigenvalue weighted by molar-refractivity contribution is 0.0785. The molecule has 1 rings (SSSR count). The van der Waals surface area contributed by atoms with E-state index in [1.807, 2.05) is 20.8 Å². The summed E-state index contributed by atoms with van der Waals surface area (Å²) in [6.07, 6.45) is 0.796. The van der Waals surface area contributed by atoms with Gasteiger partial charge in [-0.3, -0.25) is 4.79 Å². The summed E-state index contributed by atoms with van der Waals surface area (Å²) >= 11 is 1.29. The number of nitrogens with two attached hydrogens (primary N) is 1. The number of aromatic nitrogens is 1. The first-order valence-electron chi connectivity index (χ1n) is 6.53. The van der Waals surface area contributed by atoms with Gasteiger partial charge in [0.1, 0.15) is 10.7 Å². The molecule has 1 aromatic heterocycles. The first-order valence-corrected chi connectivity index (χ1v) is 7.35. The molecule has 20 heavy (non-hydrogen) atoms. The summed E-state index contributed by atoms with van der Waals surface area (Å²) in [5, 5.41) is 3.90. The number of thiazole rings is 1. The van der Waals surface area contributed by atoms with Gasteiger partial charge in [0.05, 0.1) is 0 Å². The highest BCUT2D eigenvalue weighted by Gasteiger charge is 2.21. The van der Waals surface area contributed by atoms with Crippen molar-refractivity contribution in [2.75, 3.05) is 38.4 Å². The molecule has 0 aliphatic rings. The molecule has 1 heterocycles. The van der Waals surface area contributed by atoms with Crippen molar-refractivity contribution in [2.24, 2.45) is 0 Å². The van der Waals surface area contributed by atoms with E-state index in [0.717, 1.165) is 6.42 Å². The highest BCUT2D eigenvalue weighted by Crippen LogP contribution is 2.28. The number of ether oxygens (including phenoxy) is 1. The highest BCUT2D eigenvalue weighted by molar-refractivity contribution is 7.18. The molecular weight excluding hydrogens is 276 g/mol. The Morgan fingerprint density at radius 2 is 2.15 bits per heavy atom. The minimum absolute atomic E-state index is 0.0990. The second-order valence-corrected chi connectivity index (χ2v) is 6.68. The van der Waals surface area contributed by atoms with E-state index in [1.54, 1.807) is 19.1 Å². The van der Waals surface area contributed by atoms with E-state index in [0.29, 0.717) is 23.2 Å². The van der Waals surface area contributed by atoms with Gasteiger partial charge in [-0.2, -0.15) is 0 Å². The summed E-state index contributed by atoms with van der Waals surface area (Å²) in [6, 6.07) is 0. The number of methoxy groups -OCH3 is 1. The molecule has 7 heteroatoms. The predicted octanol–water partition coefficient (Wildman–Crippen LogP) is 2.04. The van der Waals surface area contributed by atoms with Gasteiger partial charge in [-0.1, -0.05) is 11.3 Å². The Balaban J connectivity index is 2.73. The van der Waals surface area contributed by atoms with Crippen molar-refractivity contribution in [2.45, 2.75) is 32.7 Å². The Labute approximate surface area is 124 Å². The molecule has 0 radical (unpaired) electrons. The molecule has 0 atom stereocenters. The first kappa shape index (κ1) is 16.7. The lowest BCUT2D eigenvalue weighted by atomic mass is 10.1. The molecular formula is C13H24N4O2S. The molecule has 0 aliphatic carbocycles. The number of nitrogens with one attached hydrogen (secondary N) is 1. The molecule has 0 fully saturated rings. The number of nitrogen functional groups attached to an aromatic ring is 1. The minimum atomic E-state index is -0.116. The zero-order chi connectivity index (χ0) is 15.3. The van der Waals surface area contributed by atoms with E-state index in [1.165, 1.54) is 11.3 Å². The Bertz CT molecular complexity index is 454. The maximum absolute atomic E-state index is 12.3. The van der Waals surface area contributed by atoms with Gasteiger partial charge in [0, 0.05) is 32.8 Å². The second kappa shape index (κ2) is 6.90. The van der Waals surface area contributed by atoms with Crippen LogP contribution in [0.15, 0.2) is 0 Å². The maximum Gasteiger partial charge on any atom is 0.267 e. The van der Waals surface area contributed by atoms with E-state index >= 15 is 0 Å². The van der Waals surface area contributed by atoms with E-state index in [9.17, 15) is 4.79 Å². The third kappa shape index (κ3) is 4.97. The van der Waals surface area contributed by atoms with Crippen LogP contribution in [0.1, 0.15) is 36.9 Å². The maximum atomic E-state index is 12.3. The second-order valence-electron chi connectivity index (χ2n) is 5.68. The van der Waals surface area contributed by atoms with Crippen LogP contribution in [0.3, 0.4) is 0 Å². The van der Waals surface area contributed by atoms with Crippen LogP contribution in [0, 0.1) is 0 Å². The Kier molecular flexibility index (Phi) is 5.76. The fraction of sp³-hybridized carbons (Fsp3) is 0.692. The number of nitrogens with zero attached hydrogens (tertiary/aromatic N) is 2. The van der Waals surface area contributed by atoms with Crippen molar-refractivity contribution in [1.29, 1.82) is 0 Å². The topological polar surface area (TPSA) is 80.5 Å². The lowest BCUT2D eigenvalue weighted by Crippen LogP contribution is -2.28. The SMILES string of the molecule is COCCCN(C)C(=O)c1sc(NC(C)(C)C)nc1N. The zero-order valence-corrected chi connectivity index (χ0v) is 13.6. The van der Waals surface area contributed by atoms with Crippen molar-refractivity contribution < 1.29 is 9.53 Å². The van der Waals surface area contributed by atoms with Gasteiger partial charge >= 0.3 is 0 Å². The molecule has 1 amide bonds. The van der Waals surface area contributed by atoms with Gasteiger partial charge in [-0.15, -0.1) is 0 Å². The summed E-state index contributed by atoms with van der Waals surface area (Å²) in [6.45, 7) is 7.35. The van der Waals surface area contributed by atoms with Gasteiger partial charge in [0.2, 0.25) is 0 Å². The van der Waals surface area contributed by atoms with Crippen LogP contribution in [0.2, 0.25) is 0 Å². The molecule has 0 saturated carbocycles. The number of anilines is 2. The quantitative estimate of drug-likeness (QED) is 0.786. The molecule has 0 bridgehead atoms. The van der Waals surface area contributed by atoms with Gasteiger partial charge in [0.15, 0.2) is 5.13 Å². The number of amides is 1. The van der Waals surface area contributed by atoms with Crippen LogP contribution >= 0.6 is 11.3 Å². The van der Waals surface area contributed by atoms with E-state index < -0.39 is 0 Å². The molecule has 0 spiro atoms. The van der Waals surface area contributed by atoms with Crippen molar-refractivity contribution in [1.82, 2.24) is 9.88 Å². The minimum Gasteiger partial charge on any atom is -0.385 e. The monoisotopic (exact) mass is 300 g/mol. The fourth-order valence-electron chi connectivity index (χ4n) is 1.58. The molecule has 0 aromatic carbocycles. The highest BCUT2D eigenvalue weighted by atomic mass is 32.1. The van der Waals surface area contributed by atoms with Gasteiger partial charge in [0.25, 0.3) is 5.91 Å². The summed E-state index contributed by atoms with van der Waals surface area (Å²) in [7, 11) is 3.40. The van der Waals surface area contributed by atoms with Gasteiger partial charge in [-0.05, 0) is 27.2 Å². The van der Waals surface area contributed by atoms with E-state index in [-0.39, 0.29) is 17.3 Å². The van der Waals surface area contributed by atoms with Crippen LogP contribution in [0.4, 0.5) is 10.9 Å². The van der Waals surface area contributed by atoms with Crippen molar-refractivity contribution in [3.05, 3.63) is 4.88 Å². The summed E-state index contributed by atoms with van der Waals surface area (Å²) in [5.74, 6) is 0.184. The van der Waals surface area contributed by atoms with Crippen molar-refractivity contribution >= 4 is 28.2 Å². The Hall–Kier alpha value is -1.34. The standard InChI is InChI=1S/C13H24N4O2S/c1-13(2,3)16-12-15-10(14)9(20-12)11(18)17(4)7-6-8-19-5/h6-8,14H2,1-5H3,(H,15,16). The molecule has 1 aromatic rings. The molecule has 0 saturated heterocycles. The van der Waals surface area contributed by atoms with Gasteiger partial charge in [-0.25, -0.2) is 4.98 Å². The molecule has 114 valence electrons. The molecule has 3 N–H and O–H groups in total. The molecule has 6 nitrogen and oxygen atoms in total. The number of hydrogen-bond acceptors (Lipinski definition) is 6. The van der Waals surface area contributed by atoms with Crippen LogP contribution in [0.25, 0.3) is 0 Å². The third-order valence-corrected chi connectivity index (χ3v) is 3.49. The average Bonchev–Trinajstić information content (AvgIpc) is 2.66. The first-order chi connectivity index (χ1) is 9.24. The normalized spacial score (nSPS) is 11.4.